The molecular weight excluding hydrogens is 134 g/mol. The summed E-state index contributed by atoms with van der Waals surface area (Å²) in [6, 6.07) is 10.0. The summed E-state index contributed by atoms with van der Waals surface area (Å²) >= 11 is 0. The lowest BCUT2D eigenvalue weighted by Crippen LogP contribution is -1.84. The van der Waals surface area contributed by atoms with Crippen LogP contribution in [0.1, 0.15) is 20.3 Å². The zero-order valence-corrected chi connectivity index (χ0v) is 7.04. The Bertz CT molecular complexity index is 236. The van der Waals surface area contributed by atoms with Crippen LogP contribution < -0.4 is 0 Å². The van der Waals surface area contributed by atoms with Crippen molar-refractivity contribution in [1.29, 1.82) is 0 Å². The van der Waals surface area contributed by atoms with E-state index in [9.17, 15) is 0 Å². The first-order valence-electron chi connectivity index (χ1n) is 3.92. The second-order valence-electron chi connectivity index (χ2n) is 2.54. The number of benzene rings is 1. The van der Waals surface area contributed by atoms with E-state index in [1.807, 2.05) is 37.3 Å². The molecule has 1 heteroatoms. The van der Waals surface area contributed by atoms with E-state index in [2.05, 4.69) is 11.9 Å². The van der Waals surface area contributed by atoms with Gasteiger partial charge in [-0.15, -0.1) is 0 Å². The van der Waals surface area contributed by atoms with Crippen LogP contribution in [0.3, 0.4) is 0 Å². The van der Waals surface area contributed by atoms with Gasteiger partial charge in [0, 0.05) is 5.71 Å². The van der Waals surface area contributed by atoms with Crippen LogP contribution in [-0.2, 0) is 0 Å². The van der Waals surface area contributed by atoms with Gasteiger partial charge in [-0.3, -0.25) is 4.99 Å². The zero-order chi connectivity index (χ0) is 8.10. The third kappa shape index (κ3) is 2.54. The monoisotopic (exact) mass is 147 g/mol. The molecule has 0 aliphatic heterocycles. The van der Waals surface area contributed by atoms with Crippen LogP contribution in [0.4, 0.5) is 5.69 Å². The fourth-order valence-corrected chi connectivity index (χ4v) is 0.802. The van der Waals surface area contributed by atoms with Gasteiger partial charge in [0.1, 0.15) is 0 Å². The van der Waals surface area contributed by atoms with Crippen LogP contribution in [0, 0.1) is 0 Å². The highest BCUT2D eigenvalue weighted by Crippen LogP contribution is 2.10. The summed E-state index contributed by atoms with van der Waals surface area (Å²) in [6.45, 7) is 4.16. The largest absolute Gasteiger partial charge is 0.258 e. The molecule has 0 bridgehead atoms. The molecule has 0 aliphatic rings. The lowest BCUT2D eigenvalue weighted by molar-refractivity contribution is 1.25. The lowest BCUT2D eigenvalue weighted by Gasteiger charge is -1.94. The Hall–Kier alpha value is -1.11. The highest BCUT2D eigenvalue weighted by molar-refractivity contribution is 5.84. The fourth-order valence-electron chi connectivity index (χ4n) is 0.802. The summed E-state index contributed by atoms with van der Waals surface area (Å²) in [6.07, 6.45) is 1.02. The quantitative estimate of drug-likeness (QED) is 0.570. The normalized spacial score (nSPS) is 11.6. The van der Waals surface area contributed by atoms with Crippen molar-refractivity contribution in [2.45, 2.75) is 20.3 Å². The van der Waals surface area contributed by atoms with Gasteiger partial charge in [0.2, 0.25) is 0 Å². The first kappa shape index (κ1) is 7.99. The predicted molar refractivity (Wildman–Crippen MR) is 49.5 cm³/mol. The Morgan fingerprint density at radius 3 is 2.45 bits per heavy atom. The highest BCUT2D eigenvalue weighted by atomic mass is 14.7. The van der Waals surface area contributed by atoms with Crippen LogP contribution in [0.25, 0.3) is 0 Å². The van der Waals surface area contributed by atoms with Crippen molar-refractivity contribution in [3.63, 3.8) is 0 Å². The molecule has 0 amide bonds. The summed E-state index contributed by atoms with van der Waals surface area (Å²) in [7, 11) is 0. The maximum atomic E-state index is 4.39. The van der Waals surface area contributed by atoms with Crippen LogP contribution in [0.2, 0.25) is 0 Å². The molecule has 0 saturated heterocycles. The standard InChI is InChI=1S/C10H13N/c1-3-9(2)11-10-7-5-4-6-8-10/h4-8H,3H2,1-2H3. The second kappa shape index (κ2) is 3.91. The van der Waals surface area contributed by atoms with Crippen LogP contribution >= 0.6 is 0 Å². The van der Waals surface area contributed by atoms with Gasteiger partial charge in [0.25, 0.3) is 0 Å². The lowest BCUT2D eigenvalue weighted by atomic mass is 10.3. The minimum atomic E-state index is 1.02. The maximum Gasteiger partial charge on any atom is 0.0628 e. The SMILES string of the molecule is CCC(C)=Nc1ccccc1. The molecule has 0 fully saturated rings. The Morgan fingerprint density at radius 1 is 1.27 bits per heavy atom. The van der Waals surface area contributed by atoms with Crippen LogP contribution in [0.15, 0.2) is 35.3 Å². The molecule has 58 valence electrons. The average Bonchev–Trinajstić information content (AvgIpc) is 2.06. The van der Waals surface area contributed by atoms with Crippen LogP contribution in [0.5, 0.6) is 0 Å². The number of hydrogen-bond donors (Lipinski definition) is 0. The van der Waals surface area contributed by atoms with Crippen molar-refractivity contribution in [2.75, 3.05) is 0 Å². The molecule has 0 unspecified atom stereocenters. The maximum absolute atomic E-state index is 4.39. The molecule has 1 aromatic rings. The summed E-state index contributed by atoms with van der Waals surface area (Å²) < 4.78 is 0. The van der Waals surface area contributed by atoms with Crippen molar-refractivity contribution in [1.82, 2.24) is 0 Å². The number of hydrogen-bond acceptors (Lipinski definition) is 1. The topological polar surface area (TPSA) is 12.4 Å². The van der Waals surface area contributed by atoms with Gasteiger partial charge in [-0.1, -0.05) is 25.1 Å². The van der Waals surface area contributed by atoms with Crippen molar-refractivity contribution < 1.29 is 0 Å². The third-order valence-corrected chi connectivity index (χ3v) is 1.59. The van der Waals surface area contributed by atoms with E-state index in [-0.39, 0.29) is 0 Å². The molecule has 0 saturated carbocycles. The van der Waals surface area contributed by atoms with Gasteiger partial charge < -0.3 is 0 Å². The molecule has 0 aliphatic carbocycles. The minimum Gasteiger partial charge on any atom is -0.258 e. The first-order chi connectivity index (χ1) is 5.33. The zero-order valence-electron chi connectivity index (χ0n) is 7.04. The van der Waals surface area contributed by atoms with E-state index in [4.69, 9.17) is 0 Å². The molecule has 0 radical (unpaired) electrons. The molecule has 1 nitrogen and oxygen atoms in total. The number of para-hydroxylation sites is 1. The molecular formula is C10H13N. The van der Waals surface area contributed by atoms with E-state index in [1.54, 1.807) is 0 Å². The fraction of sp³-hybridized carbons (Fsp3) is 0.300. The summed E-state index contributed by atoms with van der Waals surface area (Å²) in [5.74, 6) is 0. The number of rotatable bonds is 2. The van der Waals surface area contributed by atoms with E-state index in [1.165, 1.54) is 5.71 Å². The third-order valence-electron chi connectivity index (χ3n) is 1.59. The molecule has 1 rings (SSSR count). The summed E-state index contributed by atoms with van der Waals surface area (Å²) in [4.78, 5) is 4.39. The van der Waals surface area contributed by atoms with Crippen molar-refractivity contribution in [3.8, 4) is 0 Å². The van der Waals surface area contributed by atoms with E-state index in [0.717, 1.165) is 12.1 Å². The van der Waals surface area contributed by atoms with Gasteiger partial charge in [-0.05, 0) is 25.5 Å². The van der Waals surface area contributed by atoms with Gasteiger partial charge in [-0.25, -0.2) is 0 Å². The number of aliphatic imine (C=N–C) groups is 1. The Kier molecular flexibility index (Phi) is 2.84. The van der Waals surface area contributed by atoms with Crippen molar-refractivity contribution in [2.24, 2.45) is 4.99 Å². The first-order valence-corrected chi connectivity index (χ1v) is 3.92. The van der Waals surface area contributed by atoms with Crippen LogP contribution in [-0.4, -0.2) is 5.71 Å². The molecule has 0 N–H and O–H groups in total. The van der Waals surface area contributed by atoms with E-state index >= 15 is 0 Å². The van der Waals surface area contributed by atoms with Gasteiger partial charge >= 0.3 is 0 Å². The minimum absolute atomic E-state index is 1.02. The molecule has 0 spiro atoms. The molecule has 0 heterocycles. The second-order valence-corrected chi connectivity index (χ2v) is 2.54. The van der Waals surface area contributed by atoms with Crippen molar-refractivity contribution in [3.05, 3.63) is 30.3 Å². The average molecular weight is 147 g/mol. The smallest absolute Gasteiger partial charge is 0.0628 e. The Balaban J connectivity index is 2.79. The van der Waals surface area contributed by atoms with Gasteiger partial charge in [0.15, 0.2) is 0 Å². The van der Waals surface area contributed by atoms with E-state index < -0.39 is 0 Å². The molecule has 0 aromatic heterocycles. The summed E-state index contributed by atoms with van der Waals surface area (Å²) in [5.41, 5.74) is 2.23. The Morgan fingerprint density at radius 2 is 1.91 bits per heavy atom. The summed E-state index contributed by atoms with van der Waals surface area (Å²) in [5, 5.41) is 0. The number of nitrogens with zero attached hydrogens (tertiary/aromatic N) is 1. The molecule has 0 atom stereocenters. The predicted octanol–water partition coefficient (Wildman–Crippen LogP) is 3.19. The molecule has 11 heavy (non-hydrogen) atoms. The Labute approximate surface area is 67.8 Å². The van der Waals surface area contributed by atoms with Gasteiger partial charge in [-0.2, -0.15) is 0 Å². The molecule has 1 aromatic carbocycles. The van der Waals surface area contributed by atoms with Crippen molar-refractivity contribution >= 4 is 11.4 Å². The van der Waals surface area contributed by atoms with E-state index in [0.29, 0.717) is 0 Å². The highest BCUT2D eigenvalue weighted by Gasteiger charge is 1.86. The van der Waals surface area contributed by atoms with Gasteiger partial charge in [0.05, 0.1) is 5.69 Å².